The van der Waals surface area contributed by atoms with Crippen LogP contribution in [0.5, 0.6) is 0 Å². The molecule has 0 aliphatic rings. The largest absolute Gasteiger partial charge is 0.759 e. The van der Waals surface area contributed by atoms with E-state index in [0.717, 1.165) is 11.4 Å². The molecule has 2 rings (SSSR count). The lowest BCUT2D eigenvalue weighted by atomic mass is 10.1. The predicted molar refractivity (Wildman–Crippen MR) is 87.4 cm³/mol. The lowest BCUT2D eigenvalue weighted by Gasteiger charge is -2.06. The number of aryl methyl sites for hydroxylation is 4. The Morgan fingerprint density at radius 3 is 1.17 bits per heavy atom. The highest BCUT2D eigenvalue weighted by molar-refractivity contribution is 7.79. The van der Waals surface area contributed by atoms with E-state index in [4.69, 9.17) is 17.5 Å². The molecule has 0 aliphatic carbocycles. The topological polar surface area (TPSA) is 136 Å². The van der Waals surface area contributed by atoms with Crippen LogP contribution in [0.25, 0.3) is 0 Å². The van der Waals surface area contributed by atoms with Crippen LogP contribution in [-0.4, -0.2) is 17.5 Å². The van der Waals surface area contributed by atoms with Gasteiger partial charge in [0.2, 0.25) is 0 Å². The van der Waals surface area contributed by atoms with Gasteiger partial charge in [-0.05, 0) is 38.8 Å². The molecule has 0 fully saturated rings. The molecule has 2 aromatic carbocycles. The van der Waals surface area contributed by atoms with Crippen molar-refractivity contribution in [3.63, 3.8) is 0 Å². The molecule has 0 saturated heterocycles. The van der Waals surface area contributed by atoms with Crippen LogP contribution in [0.3, 0.4) is 0 Å². The molecule has 6 N–H and O–H groups in total. The molecule has 6 nitrogen and oxygen atoms in total. The Morgan fingerprint density at radius 1 is 0.739 bits per heavy atom. The maximum atomic E-state index is 8.52. The number of hydrogen-bond donors (Lipinski definition) is 2. The summed E-state index contributed by atoms with van der Waals surface area (Å²) in [5.74, 6) is 0. The normalized spacial score (nSPS) is 10.1. The highest BCUT2D eigenvalue weighted by Gasteiger charge is 1.94. The van der Waals surface area contributed by atoms with Crippen molar-refractivity contribution in [2.24, 2.45) is 0 Å². The van der Waals surface area contributed by atoms with E-state index in [0.29, 0.717) is 0 Å². The van der Waals surface area contributed by atoms with Crippen molar-refractivity contribution in [3.05, 3.63) is 58.7 Å². The molecule has 0 unspecified atom stereocenters. The minimum atomic E-state index is -5.17. The molecule has 0 saturated carbocycles. The molecule has 0 amide bonds. The smallest absolute Gasteiger partial charge is 0.131 e. The molecule has 0 radical (unpaired) electrons. The van der Waals surface area contributed by atoms with Crippen LogP contribution in [0, 0.1) is 27.7 Å². The Hall–Kier alpha value is -1.77. The highest BCUT2D eigenvalue weighted by Crippen LogP contribution is 2.09. The molecular formula is C16H24N2O4S. The zero-order valence-corrected chi connectivity index (χ0v) is 14.7. The van der Waals surface area contributed by atoms with Crippen LogP contribution in [-0.2, 0) is 10.4 Å². The molecule has 0 heterocycles. The fourth-order valence-electron chi connectivity index (χ4n) is 1.60. The summed E-state index contributed by atoms with van der Waals surface area (Å²) in [5.41, 5.74) is 15.1. The average molecular weight is 340 g/mol. The zero-order chi connectivity index (χ0) is 18.2. The van der Waals surface area contributed by atoms with E-state index in [9.17, 15) is 0 Å². The summed E-state index contributed by atoms with van der Waals surface area (Å²) in [7, 11) is -5.17. The Balaban J connectivity index is 0.000000332. The van der Waals surface area contributed by atoms with Gasteiger partial charge in [-0.2, -0.15) is 0 Å². The third kappa shape index (κ3) is 11.5. The van der Waals surface area contributed by atoms with E-state index >= 15 is 0 Å². The first-order valence-electron chi connectivity index (χ1n) is 6.85. The summed E-state index contributed by atoms with van der Waals surface area (Å²) in [4.78, 5) is 0. The van der Waals surface area contributed by atoms with Gasteiger partial charge in [-0.3, -0.25) is 8.42 Å². The van der Waals surface area contributed by atoms with Gasteiger partial charge in [0.05, 0.1) is 0 Å². The monoisotopic (exact) mass is 340 g/mol. The first kappa shape index (κ1) is 21.2. The molecule has 0 spiro atoms. The first-order chi connectivity index (χ1) is 10.4. The van der Waals surface area contributed by atoms with Gasteiger partial charge in [0.15, 0.2) is 0 Å². The molecule has 2 aromatic rings. The SMILES string of the molecule is Cc1ccc(C)c([NH3+])c1.Cc1ccc(C)c([NH3+])c1.O=S(=O)([O-])[O-]. The summed E-state index contributed by atoms with van der Waals surface area (Å²) in [6.45, 7) is 8.30. The Kier molecular flexibility index (Phi) is 8.66. The maximum absolute atomic E-state index is 8.52. The summed E-state index contributed by atoms with van der Waals surface area (Å²) < 4.78 is 34.1. The van der Waals surface area contributed by atoms with Crippen molar-refractivity contribution in [2.45, 2.75) is 27.7 Å². The van der Waals surface area contributed by atoms with Crippen LogP contribution >= 0.6 is 0 Å². The summed E-state index contributed by atoms with van der Waals surface area (Å²) in [6.07, 6.45) is 0. The number of quaternary nitrogens is 2. The van der Waals surface area contributed by atoms with Crippen LogP contribution in [0.2, 0.25) is 0 Å². The molecule has 0 atom stereocenters. The van der Waals surface area contributed by atoms with E-state index in [2.05, 4.69) is 75.6 Å². The predicted octanol–water partition coefficient (Wildman–Crippen LogP) is 1.02. The van der Waals surface area contributed by atoms with E-state index in [-0.39, 0.29) is 0 Å². The van der Waals surface area contributed by atoms with E-state index < -0.39 is 10.4 Å². The summed E-state index contributed by atoms with van der Waals surface area (Å²) in [6, 6.07) is 12.6. The van der Waals surface area contributed by atoms with Crippen molar-refractivity contribution in [2.75, 3.05) is 0 Å². The fraction of sp³-hybridized carbons (Fsp3) is 0.250. The minimum Gasteiger partial charge on any atom is -0.759 e. The Bertz CT molecular complexity index is 686. The van der Waals surface area contributed by atoms with Gasteiger partial charge in [-0.1, -0.05) is 24.3 Å². The summed E-state index contributed by atoms with van der Waals surface area (Å²) in [5, 5.41) is 0. The second-order valence-electron chi connectivity index (χ2n) is 5.27. The van der Waals surface area contributed by atoms with Crippen LogP contribution in [0.4, 0.5) is 11.4 Å². The molecule has 128 valence electrons. The third-order valence-corrected chi connectivity index (χ3v) is 3.01. The number of rotatable bonds is 0. The van der Waals surface area contributed by atoms with Gasteiger partial charge < -0.3 is 20.6 Å². The van der Waals surface area contributed by atoms with Gasteiger partial charge in [-0.15, -0.1) is 0 Å². The van der Waals surface area contributed by atoms with Crippen molar-refractivity contribution in [1.29, 1.82) is 0 Å². The van der Waals surface area contributed by atoms with Crippen molar-refractivity contribution >= 4 is 21.8 Å². The minimum absolute atomic E-state index is 1.13. The van der Waals surface area contributed by atoms with E-state index in [1.165, 1.54) is 22.3 Å². The highest BCUT2D eigenvalue weighted by atomic mass is 32.3. The fourth-order valence-corrected chi connectivity index (χ4v) is 1.60. The second-order valence-corrected chi connectivity index (χ2v) is 6.08. The zero-order valence-electron chi connectivity index (χ0n) is 13.9. The maximum Gasteiger partial charge on any atom is 0.131 e. The number of hydrogen-bond acceptors (Lipinski definition) is 4. The van der Waals surface area contributed by atoms with Gasteiger partial charge in [0.25, 0.3) is 0 Å². The van der Waals surface area contributed by atoms with Crippen LogP contribution < -0.4 is 11.5 Å². The standard InChI is InChI=1S/2C8H11N.H2O4S/c2*1-6-3-4-7(2)8(9)5-6;1-5(2,3)4/h2*3-5H,9H2,1-2H3;(H2,1,2,3,4). The van der Waals surface area contributed by atoms with Crippen LogP contribution in [0.1, 0.15) is 22.3 Å². The molecule has 0 aromatic heterocycles. The van der Waals surface area contributed by atoms with E-state index in [1.807, 2.05) is 0 Å². The molecule has 0 bridgehead atoms. The van der Waals surface area contributed by atoms with Gasteiger partial charge >= 0.3 is 0 Å². The average Bonchev–Trinajstić information content (AvgIpc) is 2.38. The molecular weight excluding hydrogens is 316 g/mol. The van der Waals surface area contributed by atoms with Crippen molar-refractivity contribution < 1.29 is 29.0 Å². The lowest BCUT2D eigenvalue weighted by molar-refractivity contribution is -0.256. The van der Waals surface area contributed by atoms with Gasteiger partial charge in [0.1, 0.15) is 11.4 Å². The van der Waals surface area contributed by atoms with Crippen molar-refractivity contribution in [3.8, 4) is 0 Å². The molecule has 23 heavy (non-hydrogen) atoms. The third-order valence-electron chi connectivity index (χ3n) is 3.01. The van der Waals surface area contributed by atoms with Gasteiger partial charge in [0, 0.05) is 33.7 Å². The molecule has 7 heteroatoms. The van der Waals surface area contributed by atoms with Crippen LogP contribution in [0.15, 0.2) is 36.4 Å². The Labute approximate surface area is 137 Å². The Morgan fingerprint density at radius 2 is 1.00 bits per heavy atom. The lowest BCUT2D eigenvalue weighted by Crippen LogP contribution is -2.41. The second kappa shape index (κ2) is 9.39. The summed E-state index contributed by atoms with van der Waals surface area (Å²) >= 11 is 0. The molecule has 0 aliphatic heterocycles. The van der Waals surface area contributed by atoms with Crippen molar-refractivity contribution in [1.82, 2.24) is 0 Å². The number of benzene rings is 2. The first-order valence-corrected chi connectivity index (χ1v) is 8.18. The van der Waals surface area contributed by atoms with E-state index in [1.54, 1.807) is 0 Å². The van der Waals surface area contributed by atoms with Gasteiger partial charge in [-0.25, -0.2) is 0 Å². The quantitative estimate of drug-likeness (QED) is 0.546.